The van der Waals surface area contributed by atoms with Crippen LogP contribution in [-0.2, 0) is 4.79 Å². The van der Waals surface area contributed by atoms with Crippen molar-refractivity contribution in [2.45, 2.75) is 0 Å². The molecule has 1 rings (SSSR count). The Balaban J connectivity index is 2.62. The second kappa shape index (κ2) is 6.32. The van der Waals surface area contributed by atoms with Crippen molar-refractivity contribution in [3.05, 3.63) is 29.8 Å². The lowest BCUT2D eigenvalue weighted by atomic mass is 10.2. The fourth-order valence-corrected chi connectivity index (χ4v) is 1.26. The number of carbonyl (C=O) groups is 1. The van der Waals surface area contributed by atoms with Gasteiger partial charge in [-0.2, -0.15) is 5.26 Å². The quantitative estimate of drug-likeness (QED) is 0.610. The fourth-order valence-electron chi connectivity index (χ4n) is 1.26. The van der Waals surface area contributed by atoms with Crippen molar-refractivity contribution >= 4 is 11.6 Å². The van der Waals surface area contributed by atoms with E-state index in [9.17, 15) is 4.79 Å². The van der Waals surface area contributed by atoms with E-state index >= 15 is 0 Å². The third-order valence-corrected chi connectivity index (χ3v) is 2.26. The SMILES string of the molecule is C#CCNCC(=O)N(C)c1ccc(C#N)cc1. The fraction of sp³-hybridized carbons (Fsp3) is 0.231. The molecule has 0 saturated heterocycles. The Morgan fingerprint density at radius 3 is 2.65 bits per heavy atom. The molecule has 1 aromatic carbocycles. The zero-order valence-corrected chi connectivity index (χ0v) is 9.60. The molecule has 0 fully saturated rings. The van der Waals surface area contributed by atoms with Crippen molar-refractivity contribution in [3.63, 3.8) is 0 Å². The average molecular weight is 227 g/mol. The van der Waals surface area contributed by atoms with Crippen LogP contribution in [0.2, 0.25) is 0 Å². The number of benzene rings is 1. The van der Waals surface area contributed by atoms with E-state index < -0.39 is 0 Å². The van der Waals surface area contributed by atoms with Crippen LogP contribution in [0.3, 0.4) is 0 Å². The molecule has 0 unspecified atom stereocenters. The number of nitriles is 1. The highest BCUT2D eigenvalue weighted by atomic mass is 16.2. The molecule has 0 aromatic heterocycles. The Morgan fingerprint density at radius 2 is 2.12 bits per heavy atom. The summed E-state index contributed by atoms with van der Waals surface area (Å²) < 4.78 is 0. The molecule has 17 heavy (non-hydrogen) atoms. The minimum atomic E-state index is -0.0787. The Labute approximate surface area is 101 Å². The van der Waals surface area contributed by atoms with E-state index in [1.165, 1.54) is 4.90 Å². The van der Waals surface area contributed by atoms with Gasteiger partial charge in [0.1, 0.15) is 0 Å². The van der Waals surface area contributed by atoms with Gasteiger partial charge in [-0.1, -0.05) is 5.92 Å². The first kappa shape index (κ1) is 12.8. The molecule has 0 saturated carbocycles. The second-order valence-electron chi connectivity index (χ2n) is 3.42. The van der Waals surface area contributed by atoms with Crippen molar-refractivity contribution in [3.8, 4) is 18.4 Å². The highest BCUT2D eigenvalue weighted by Crippen LogP contribution is 2.13. The standard InChI is InChI=1S/C13H13N3O/c1-3-8-15-10-13(17)16(2)12-6-4-11(9-14)5-7-12/h1,4-7,15H,8,10H2,2H3. The number of likely N-dealkylation sites (N-methyl/N-ethyl adjacent to an activating group) is 1. The van der Waals surface area contributed by atoms with Crippen molar-refractivity contribution in [2.24, 2.45) is 0 Å². The summed E-state index contributed by atoms with van der Waals surface area (Å²) >= 11 is 0. The van der Waals surface area contributed by atoms with Crippen molar-refractivity contribution in [2.75, 3.05) is 25.0 Å². The van der Waals surface area contributed by atoms with E-state index in [4.69, 9.17) is 11.7 Å². The summed E-state index contributed by atoms with van der Waals surface area (Å²) in [4.78, 5) is 13.2. The molecule has 0 aliphatic carbocycles. The summed E-state index contributed by atoms with van der Waals surface area (Å²) in [6.45, 7) is 0.563. The summed E-state index contributed by atoms with van der Waals surface area (Å²) in [6, 6.07) is 8.84. The number of nitrogens with one attached hydrogen (secondary N) is 1. The first-order chi connectivity index (χ1) is 8.19. The van der Waals surface area contributed by atoms with Crippen LogP contribution in [-0.4, -0.2) is 26.0 Å². The third-order valence-electron chi connectivity index (χ3n) is 2.26. The van der Waals surface area contributed by atoms with Gasteiger partial charge in [0.25, 0.3) is 0 Å². The Kier molecular flexibility index (Phi) is 4.75. The number of amides is 1. The van der Waals surface area contributed by atoms with Crippen LogP contribution in [0.5, 0.6) is 0 Å². The molecule has 4 nitrogen and oxygen atoms in total. The summed E-state index contributed by atoms with van der Waals surface area (Å²) in [5.74, 6) is 2.32. The lowest BCUT2D eigenvalue weighted by Gasteiger charge is -2.17. The smallest absolute Gasteiger partial charge is 0.240 e. The summed E-state index contributed by atoms with van der Waals surface area (Å²) in [5.41, 5.74) is 1.32. The lowest BCUT2D eigenvalue weighted by molar-refractivity contribution is -0.117. The van der Waals surface area contributed by atoms with E-state index in [0.717, 1.165) is 5.69 Å². The topological polar surface area (TPSA) is 56.1 Å². The number of anilines is 1. The summed E-state index contributed by atoms with van der Waals surface area (Å²) in [5, 5.41) is 11.5. The normalized spacial score (nSPS) is 9.12. The minimum absolute atomic E-state index is 0.0787. The molecule has 86 valence electrons. The lowest BCUT2D eigenvalue weighted by Crippen LogP contribution is -2.35. The van der Waals surface area contributed by atoms with Crippen LogP contribution in [0.1, 0.15) is 5.56 Å². The van der Waals surface area contributed by atoms with Crippen LogP contribution in [0.25, 0.3) is 0 Å². The van der Waals surface area contributed by atoms with Gasteiger partial charge in [0.15, 0.2) is 0 Å². The van der Waals surface area contributed by atoms with Gasteiger partial charge in [0.2, 0.25) is 5.91 Å². The molecule has 0 aliphatic heterocycles. The van der Waals surface area contributed by atoms with E-state index in [2.05, 4.69) is 11.2 Å². The van der Waals surface area contributed by atoms with Crippen LogP contribution < -0.4 is 10.2 Å². The molecular weight excluding hydrogens is 214 g/mol. The number of hydrogen-bond acceptors (Lipinski definition) is 3. The molecule has 1 N–H and O–H groups in total. The van der Waals surface area contributed by atoms with Crippen molar-refractivity contribution in [1.82, 2.24) is 5.32 Å². The molecule has 0 spiro atoms. The zero-order chi connectivity index (χ0) is 12.7. The van der Waals surface area contributed by atoms with E-state index in [1.54, 1.807) is 31.3 Å². The van der Waals surface area contributed by atoms with E-state index in [-0.39, 0.29) is 12.5 Å². The average Bonchev–Trinajstić information content (AvgIpc) is 2.38. The van der Waals surface area contributed by atoms with E-state index in [0.29, 0.717) is 12.1 Å². The minimum Gasteiger partial charge on any atom is -0.314 e. The molecule has 1 amide bonds. The highest BCUT2D eigenvalue weighted by molar-refractivity contribution is 5.94. The maximum atomic E-state index is 11.7. The molecule has 0 atom stereocenters. The molecule has 0 bridgehead atoms. The van der Waals surface area contributed by atoms with Crippen LogP contribution in [0.15, 0.2) is 24.3 Å². The number of terminal acetylenes is 1. The molecule has 0 aliphatic rings. The highest BCUT2D eigenvalue weighted by Gasteiger charge is 2.09. The number of rotatable bonds is 4. The van der Waals surface area contributed by atoms with Gasteiger partial charge in [-0.15, -0.1) is 6.42 Å². The van der Waals surface area contributed by atoms with Crippen molar-refractivity contribution in [1.29, 1.82) is 5.26 Å². The number of nitrogens with zero attached hydrogens (tertiary/aromatic N) is 2. The molecular formula is C13H13N3O. The predicted molar refractivity (Wildman–Crippen MR) is 66.3 cm³/mol. The number of hydrogen-bond donors (Lipinski definition) is 1. The first-order valence-electron chi connectivity index (χ1n) is 5.10. The van der Waals surface area contributed by atoms with Gasteiger partial charge in [-0.05, 0) is 24.3 Å². The molecule has 0 radical (unpaired) electrons. The van der Waals surface area contributed by atoms with Gasteiger partial charge in [-0.3, -0.25) is 10.1 Å². The predicted octanol–water partition coefficient (Wildman–Crippen LogP) is 0.744. The molecule has 1 aromatic rings. The van der Waals surface area contributed by atoms with Gasteiger partial charge < -0.3 is 4.90 Å². The largest absolute Gasteiger partial charge is 0.314 e. The van der Waals surface area contributed by atoms with E-state index in [1.807, 2.05) is 6.07 Å². The zero-order valence-electron chi connectivity index (χ0n) is 9.60. The number of carbonyl (C=O) groups excluding carboxylic acids is 1. The molecule has 0 heterocycles. The monoisotopic (exact) mass is 227 g/mol. The second-order valence-corrected chi connectivity index (χ2v) is 3.42. The Hall–Kier alpha value is -2.30. The van der Waals surface area contributed by atoms with Gasteiger partial charge in [-0.25, -0.2) is 0 Å². The van der Waals surface area contributed by atoms with Crippen LogP contribution in [0, 0.1) is 23.7 Å². The van der Waals surface area contributed by atoms with Crippen LogP contribution in [0.4, 0.5) is 5.69 Å². The third kappa shape index (κ3) is 3.64. The summed E-state index contributed by atoms with van der Waals surface area (Å²) in [7, 11) is 1.68. The summed E-state index contributed by atoms with van der Waals surface area (Å²) in [6.07, 6.45) is 5.07. The Morgan fingerprint density at radius 1 is 1.47 bits per heavy atom. The maximum Gasteiger partial charge on any atom is 0.240 e. The van der Waals surface area contributed by atoms with Crippen molar-refractivity contribution < 1.29 is 4.79 Å². The van der Waals surface area contributed by atoms with Crippen LogP contribution >= 0.6 is 0 Å². The first-order valence-corrected chi connectivity index (χ1v) is 5.10. The van der Waals surface area contributed by atoms with Gasteiger partial charge in [0.05, 0.1) is 24.7 Å². The van der Waals surface area contributed by atoms with Gasteiger partial charge in [0, 0.05) is 12.7 Å². The Bertz CT molecular complexity index is 465. The molecule has 4 heteroatoms. The maximum absolute atomic E-state index is 11.7. The van der Waals surface area contributed by atoms with Gasteiger partial charge >= 0.3 is 0 Å².